The number of imidazole rings is 2. The molecular formula is C51H62N8O7. The number of likely N-dealkylation sites (tertiary alicyclic amines) is 1. The molecule has 348 valence electrons. The zero-order valence-electron chi connectivity index (χ0n) is 38.6. The molecule has 2 aliphatic heterocycles. The van der Waals surface area contributed by atoms with E-state index >= 15 is 0 Å². The van der Waals surface area contributed by atoms with Gasteiger partial charge in [0.05, 0.1) is 50.6 Å². The molecule has 3 aromatic carbocycles. The Kier molecular flexibility index (Phi) is 12.9. The summed E-state index contributed by atoms with van der Waals surface area (Å²) in [5, 5.41) is 7.83. The SMILES string of the molecule is COC(=O)N[C@H](C(=O)N1CC2(CC2)C[C@H]1c1ncc(-c2ccc3cc(-c4ccc(-c5cnc(CN(C(=O)[C@@H](NC(=O)OC)C6CCOCC6)C6CCC(C)C6)[nH]5)cc4)ccc3c2)[nH]1)C(C)C. The van der Waals surface area contributed by atoms with E-state index in [-0.39, 0.29) is 41.1 Å². The Balaban J connectivity index is 0.882. The fourth-order valence-electron chi connectivity index (χ4n) is 10.4. The predicted octanol–water partition coefficient (Wildman–Crippen LogP) is 8.39. The summed E-state index contributed by atoms with van der Waals surface area (Å²) in [5.41, 5.74) is 6.02. The Bertz CT molecular complexity index is 2560. The third kappa shape index (κ3) is 9.53. The predicted molar refractivity (Wildman–Crippen MR) is 250 cm³/mol. The largest absolute Gasteiger partial charge is 0.453 e. The highest BCUT2D eigenvalue weighted by Gasteiger charge is 2.55. The summed E-state index contributed by atoms with van der Waals surface area (Å²) < 4.78 is 15.4. The number of nitrogens with one attached hydrogen (secondary N) is 4. The van der Waals surface area contributed by atoms with Crippen molar-refractivity contribution in [2.45, 2.75) is 103 Å². The van der Waals surface area contributed by atoms with Gasteiger partial charge < -0.3 is 44.6 Å². The number of amides is 4. The molecule has 2 unspecified atom stereocenters. The molecule has 15 nitrogen and oxygen atoms in total. The van der Waals surface area contributed by atoms with Gasteiger partial charge >= 0.3 is 12.2 Å². The van der Waals surface area contributed by atoms with E-state index < -0.39 is 24.3 Å². The first-order valence-electron chi connectivity index (χ1n) is 23.5. The van der Waals surface area contributed by atoms with Crippen LogP contribution in [-0.4, -0.2) is 106 Å². The molecule has 2 saturated heterocycles. The van der Waals surface area contributed by atoms with E-state index in [4.69, 9.17) is 24.2 Å². The van der Waals surface area contributed by atoms with Crippen LogP contribution in [0.3, 0.4) is 0 Å². The first-order chi connectivity index (χ1) is 31.9. The van der Waals surface area contributed by atoms with E-state index in [1.165, 1.54) is 14.2 Å². The number of hydrogen-bond donors (Lipinski definition) is 4. The monoisotopic (exact) mass is 898 g/mol. The van der Waals surface area contributed by atoms with Gasteiger partial charge in [-0.3, -0.25) is 9.59 Å². The van der Waals surface area contributed by atoms with Gasteiger partial charge in [0.15, 0.2) is 0 Å². The van der Waals surface area contributed by atoms with Gasteiger partial charge in [0, 0.05) is 31.4 Å². The minimum absolute atomic E-state index is 0.0404. The minimum Gasteiger partial charge on any atom is -0.453 e. The Morgan fingerprint density at radius 2 is 1.45 bits per heavy atom. The molecule has 4 N–H and O–H groups in total. The topological polar surface area (TPSA) is 184 Å². The van der Waals surface area contributed by atoms with Gasteiger partial charge in [-0.25, -0.2) is 19.6 Å². The van der Waals surface area contributed by atoms with Crippen molar-refractivity contribution < 1.29 is 33.4 Å². The summed E-state index contributed by atoms with van der Waals surface area (Å²) in [6.45, 7) is 8.16. The number of methoxy groups -OCH3 is 2. The normalized spacial score (nSPS) is 21.2. The third-order valence-corrected chi connectivity index (χ3v) is 14.5. The number of nitrogens with zero attached hydrogens (tertiary/aromatic N) is 4. The summed E-state index contributed by atoms with van der Waals surface area (Å²) in [6.07, 6.45) is 9.71. The molecule has 2 aliphatic carbocycles. The van der Waals surface area contributed by atoms with Crippen molar-refractivity contribution in [1.29, 1.82) is 0 Å². The molecule has 0 bridgehead atoms. The maximum atomic E-state index is 14.4. The molecule has 2 aromatic heterocycles. The van der Waals surface area contributed by atoms with Crippen molar-refractivity contribution in [3.63, 3.8) is 0 Å². The van der Waals surface area contributed by atoms with Gasteiger partial charge in [0.1, 0.15) is 23.7 Å². The Morgan fingerprint density at radius 3 is 2.12 bits per heavy atom. The van der Waals surface area contributed by atoms with E-state index in [0.717, 1.165) is 88.8 Å². The van der Waals surface area contributed by atoms with Crippen LogP contribution in [0.4, 0.5) is 9.59 Å². The smallest absolute Gasteiger partial charge is 0.407 e. The Labute approximate surface area is 385 Å². The number of hydrogen-bond acceptors (Lipinski definition) is 9. The van der Waals surface area contributed by atoms with Crippen LogP contribution in [0.25, 0.3) is 44.4 Å². The lowest BCUT2D eigenvalue weighted by molar-refractivity contribution is -0.139. The molecule has 4 amide bonds. The van der Waals surface area contributed by atoms with Crippen LogP contribution in [0.2, 0.25) is 0 Å². The van der Waals surface area contributed by atoms with Crippen molar-refractivity contribution in [1.82, 2.24) is 40.4 Å². The number of carbonyl (C=O) groups excluding carboxylic acids is 4. The van der Waals surface area contributed by atoms with E-state index in [2.05, 4.69) is 88.2 Å². The molecule has 0 radical (unpaired) electrons. The number of aromatic amines is 2. The highest BCUT2D eigenvalue weighted by molar-refractivity contribution is 5.91. The summed E-state index contributed by atoms with van der Waals surface area (Å²) in [6, 6.07) is 19.7. The highest BCUT2D eigenvalue weighted by atomic mass is 16.5. The van der Waals surface area contributed by atoms with Gasteiger partial charge in [-0.15, -0.1) is 0 Å². The lowest BCUT2D eigenvalue weighted by Crippen LogP contribution is -2.55. The van der Waals surface area contributed by atoms with Gasteiger partial charge in [-0.05, 0) is 114 Å². The molecule has 5 atom stereocenters. The summed E-state index contributed by atoms with van der Waals surface area (Å²) >= 11 is 0. The van der Waals surface area contributed by atoms with Crippen LogP contribution in [0, 0.1) is 23.2 Å². The fraction of sp³-hybridized carbons (Fsp3) is 0.490. The summed E-state index contributed by atoms with van der Waals surface area (Å²) in [4.78, 5) is 73.4. The number of benzene rings is 3. The van der Waals surface area contributed by atoms with Crippen molar-refractivity contribution in [2.24, 2.45) is 23.2 Å². The maximum Gasteiger partial charge on any atom is 0.407 e. The molecule has 2 saturated carbocycles. The lowest BCUT2D eigenvalue weighted by Gasteiger charge is -2.36. The van der Waals surface area contributed by atoms with Crippen LogP contribution in [0.1, 0.15) is 89.8 Å². The van der Waals surface area contributed by atoms with E-state index in [9.17, 15) is 19.2 Å². The van der Waals surface area contributed by atoms with Crippen LogP contribution < -0.4 is 10.6 Å². The lowest BCUT2D eigenvalue weighted by atomic mass is 9.90. The molecule has 4 fully saturated rings. The first kappa shape index (κ1) is 45.0. The molecule has 66 heavy (non-hydrogen) atoms. The zero-order chi connectivity index (χ0) is 46.1. The maximum absolute atomic E-state index is 14.4. The van der Waals surface area contributed by atoms with Crippen molar-refractivity contribution in [3.05, 3.63) is 84.7 Å². The zero-order valence-corrected chi connectivity index (χ0v) is 38.6. The van der Waals surface area contributed by atoms with E-state index in [0.29, 0.717) is 50.9 Å². The molecule has 15 heteroatoms. The Hall–Kier alpha value is -6.22. The second kappa shape index (κ2) is 18.9. The number of rotatable bonds is 13. The second-order valence-corrected chi connectivity index (χ2v) is 19.4. The number of aromatic nitrogens is 4. The van der Waals surface area contributed by atoms with Crippen LogP contribution >= 0.6 is 0 Å². The van der Waals surface area contributed by atoms with E-state index in [1.54, 1.807) is 0 Å². The van der Waals surface area contributed by atoms with Gasteiger partial charge in [0.25, 0.3) is 0 Å². The number of fused-ring (bicyclic) bond motifs is 1. The van der Waals surface area contributed by atoms with Gasteiger partial charge in [0.2, 0.25) is 11.8 Å². The van der Waals surface area contributed by atoms with E-state index in [1.807, 2.05) is 36.0 Å². The highest BCUT2D eigenvalue weighted by Crippen LogP contribution is 2.58. The van der Waals surface area contributed by atoms with Crippen molar-refractivity contribution >= 4 is 34.8 Å². The van der Waals surface area contributed by atoms with Gasteiger partial charge in [-0.2, -0.15) is 0 Å². The number of carbonyl (C=O) groups is 4. The minimum atomic E-state index is -0.701. The molecule has 5 aromatic rings. The third-order valence-electron chi connectivity index (χ3n) is 14.5. The number of alkyl carbamates (subject to hydrolysis) is 2. The standard InChI is InChI=1S/C51H62N8O7/c1-30(2)44(56-49(62)64-4)47(60)59-29-51(18-19-51)25-42(59)46-53-27-41(55-46)38-14-13-36-23-35(11-12-37(36)24-38)32-7-9-33(10-8-32)40-26-52-43(54-40)28-58(39-15-6-31(3)22-39)48(61)45(57-50(63)65-5)34-16-20-66-21-17-34/h7-14,23-24,26-27,30-31,34,39,42,44-45H,6,15-22,25,28-29H2,1-5H3,(H,52,54)(H,53,55)(H,56,62)(H,57,63)/t31?,39?,42-,44-,45-/m0/s1. The fourth-order valence-corrected chi connectivity index (χ4v) is 10.4. The van der Waals surface area contributed by atoms with Crippen LogP contribution in [-0.2, 0) is 30.3 Å². The summed E-state index contributed by atoms with van der Waals surface area (Å²) in [7, 11) is 2.63. The Morgan fingerprint density at radius 1 is 0.818 bits per heavy atom. The summed E-state index contributed by atoms with van der Waals surface area (Å²) in [5.74, 6) is 1.60. The molecule has 4 aliphatic rings. The quantitative estimate of drug-likeness (QED) is 0.0902. The van der Waals surface area contributed by atoms with Gasteiger partial charge in [-0.1, -0.05) is 69.3 Å². The number of ether oxygens (including phenoxy) is 3. The molecule has 1 spiro atoms. The van der Waals surface area contributed by atoms with Crippen molar-refractivity contribution in [3.8, 4) is 33.6 Å². The molecule has 9 rings (SSSR count). The van der Waals surface area contributed by atoms with Crippen LogP contribution in [0.15, 0.2) is 73.1 Å². The number of H-pyrrole nitrogens is 2. The first-order valence-corrected chi connectivity index (χ1v) is 23.5. The second-order valence-electron chi connectivity index (χ2n) is 19.4. The molecule has 4 heterocycles. The average molecular weight is 899 g/mol. The van der Waals surface area contributed by atoms with Crippen molar-refractivity contribution in [2.75, 3.05) is 34.0 Å². The van der Waals surface area contributed by atoms with Crippen LogP contribution in [0.5, 0.6) is 0 Å². The molecular weight excluding hydrogens is 837 g/mol. The average Bonchev–Trinajstić information content (AvgIpc) is 3.82.